The van der Waals surface area contributed by atoms with E-state index < -0.39 is 10.8 Å². The Hall–Kier alpha value is -0.780. The third kappa shape index (κ3) is 2.96. The molecule has 18 heavy (non-hydrogen) atoms. The molecule has 0 radical (unpaired) electrons. The molecule has 1 heterocycles. The predicted molar refractivity (Wildman–Crippen MR) is 69.4 cm³/mol. The van der Waals surface area contributed by atoms with Crippen LogP contribution in [-0.2, 0) is 16.6 Å². The van der Waals surface area contributed by atoms with E-state index in [9.17, 15) is 4.21 Å². The van der Waals surface area contributed by atoms with Gasteiger partial charge in [0.15, 0.2) is 5.82 Å². The number of nitrogens with zero attached hydrogens (tertiary/aromatic N) is 4. The van der Waals surface area contributed by atoms with Crippen molar-refractivity contribution >= 4 is 10.8 Å². The van der Waals surface area contributed by atoms with Gasteiger partial charge in [0.1, 0.15) is 0 Å². The second-order valence-corrected chi connectivity index (χ2v) is 7.03. The van der Waals surface area contributed by atoms with Crippen molar-refractivity contribution in [3.05, 3.63) is 5.82 Å². The average molecular weight is 268 g/mol. The van der Waals surface area contributed by atoms with Gasteiger partial charge in [-0.15, -0.1) is 5.10 Å². The minimum atomic E-state index is -0.809. The van der Waals surface area contributed by atoms with Crippen LogP contribution < -0.4 is 0 Å². The molecule has 2 saturated carbocycles. The summed E-state index contributed by atoms with van der Waals surface area (Å²) in [5, 5.41) is 11.7. The topological polar surface area (TPSA) is 60.7 Å². The van der Waals surface area contributed by atoms with Gasteiger partial charge in [-0.05, 0) is 42.0 Å². The monoisotopic (exact) mass is 268 g/mol. The zero-order valence-corrected chi connectivity index (χ0v) is 11.4. The van der Waals surface area contributed by atoms with Crippen molar-refractivity contribution in [3.8, 4) is 0 Å². The largest absolute Gasteiger partial charge is 0.259 e. The standard InChI is InChI=1S/C12H20N4OS/c17-18(8-10-4-2-1-3-5-10)9-12-13-14-15-16(12)11-6-7-11/h10-11H,1-9H2. The number of aromatic nitrogens is 4. The Bertz CT molecular complexity index is 423. The van der Waals surface area contributed by atoms with E-state index in [1.807, 2.05) is 4.68 Å². The highest BCUT2D eigenvalue weighted by Gasteiger charge is 2.28. The van der Waals surface area contributed by atoms with E-state index >= 15 is 0 Å². The van der Waals surface area contributed by atoms with E-state index in [0.29, 0.717) is 17.7 Å². The normalized spacial score (nSPS) is 23.1. The number of tetrazole rings is 1. The number of hydrogen-bond acceptors (Lipinski definition) is 4. The lowest BCUT2D eigenvalue weighted by atomic mass is 9.91. The summed E-state index contributed by atoms with van der Waals surface area (Å²) in [5.74, 6) is 2.83. The second-order valence-electron chi connectivity index (χ2n) is 5.53. The molecule has 2 aliphatic rings. The molecule has 0 spiro atoms. The summed E-state index contributed by atoms with van der Waals surface area (Å²) in [7, 11) is -0.809. The molecule has 0 aliphatic heterocycles. The molecule has 1 aromatic heterocycles. The Morgan fingerprint density at radius 1 is 1.17 bits per heavy atom. The molecule has 0 saturated heterocycles. The van der Waals surface area contributed by atoms with Crippen molar-refractivity contribution in [1.29, 1.82) is 0 Å². The Morgan fingerprint density at radius 3 is 2.67 bits per heavy atom. The Morgan fingerprint density at radius 2 is 1.94 bits per heavy atom. The van der Waals surface area contributed by atoms with Crippen LogP contribution in [-0.4, -0.2) is 30.2 Å². The summed E-state index contributed by atoms with van der Waals surface area (Å²) in [6.45, 7) is 0. The Kier molecular flexibility index (Phi) is 3.72. The zero-order valence-electron chi connectivity index (χ0n) is 10.6. The second kappa shape index (κ2) is 5.47. The van der Waals surface area contributed by atoms with Gasteiger partial charge in [0.05, 0.1) is 11.8 Å². The fourth-order valence-corrected chi connectivity index (χ4v) is 4.18. The average Bonchev–Trinajstić information content (AvgIpc) is 3.12. The molecule has 2 fully saturated rings. The van der Waals surface area contributed by atoms with E-state index in [4.69, 9.17) is 0 Å². The van der Waals surface area contributed by atoms with Crippen molar-refractivity contribution < 1.29 is 4.21 Å². The van der Waals surface area contributed by atoms with Gasteiger partial charge in [0.25, 0.3) is 0 Å². The Labute approximate surface area is 110 Å². The summed E-state index contributed by atoms with van der Waals surface area (Å²) in [4.78, 5) is 0. The highest BCUT2D eigenvalue weighted by molar-refractivity contribution is 7.84. The molecule has 5 nitrogen and oxygen atoms in total. The number of rotatable bonds is 5. The Balaban J connectivity index is 1.54. The van der Waals surface area contributed by atoms with E-state index in [1.165, 1.54) is 32.1 Å². The fourth-order valence-electron chi connectivity index (χ4n) is 2.73. The molecule has 0 N–H and O–H groups in total. The maximum Gasteiger partial charge on any atom is 0.164 e. The summed E-state index contributed by atoms with van der Waals surface area (Å²) in [5.41, 5.74) is 0. The van der Waals surface area contributed by atoms with Gasteiger partial charge in [-0.2, -0.15) is 0 Å². The van der Waals surface area contributed by atoms with Crippen molar-refractivity contribution in [3.63, 3.8) is 0 Å². The van der Waals surface area contributed by atoms with Crippen LogP contribution in [0, 0.1) is 5.92 Å². The maximum atomic E-state index is 12.2. The molecule has 1 unspecified atom stereocenters. The van der Waals surface area contributed by atoms with Gasteiger partial charge in [-0.1, -0.05) is 19.3 Å². The van der Waals surface area contributed by atoms with Gasteiger partial charge in [0.2, 0.25) is 0 Å². The first kappa shape index (κ1) is 12.3. The summed E-state index contributed by atoms with van der Waals surface area (Å²) in [6.07, 6.45) is 8.78. The first-order valence-electron chi connectivity index (χ1n) is 6.94. The highest BCUT2D eigenvalue weighted by Crippen LogP contribution is 2.34. The fraction of sp³-hybridized carbons (Fsp3) is 0.917. The molecule has 1 atom stereocenters. The molecule has 6 heteroatoms. The first-order chi connectivity index (χ1) is 8.83. The van der Waals surface area contributed by atoms with Gasteiger partial charge in [-0.25, -0.2) is 4.68 Å². The van der Waals surface area contributed by atoms with E-state index in [1.54, 1.807) is 0 Å². The molecular weight excluding hydrogens is 248 g/mol. The van der Waals surface area contributed by atoms with Crippen LogP contribution in [0.3, 0.4) is 0 Å². The van der Waals surface area contributed by atoms with E-state index in [0.717, 1.165) is 24.4 Å². The van der Waals surface area contributed by atoms with Gasteiger partial charge in [0, 0.05) is 16.6 Å². The van der Waals surface area contributed by atoms with Crippen LogP contribution in [0.25, 0.3) is 0 Å². The molecule has 0 aromatic carbocycles. The van der Waals surface area contributed by atoms with Crippen LogP contribution in [0.5, 0.6) is 0 Å². The van der Waals surface area contributed by atoms with Crippen LogP contribution in [0.1, 0.15) is 56.8 Å². The first-order valence-corrected chi connectivity index (χ1v) is 8.43. The maximum absolute atomic E-state index is 12.2. The third-order valence-corrected chi connectivity index (χ3v) is 5.31. The lowest BCUT2D eigenvalue weighted by molar-refractivity contribution is 0.388. The lowest BCUT2D eigenvalue weighted by Crippen LogP contribution is -2.17. The smallest absolute Gasteiger partial charge is 0.164 e. The van der Waals surface area contributed by atoms with Gasteiger partial charge >= 0.3 is 0 Å². The SMILES string of the molecule is O=S(Cc1nnnn1C1CC1)CC1CCCCC1. The van der Waals surface area contributed by atoms with Crippen LogP contribution in [0.15, 0.2) is 0 Å². The predicted octanol–water partition coefficient (Wildman–Crippen LogP) is 1.84. The molecule has 0 bridgehead atoms. The summed E-state index contributed by atoms with van der Waals surface area (Å²) >= 11 is 0. The van der Waals surface area contributed by atoms with Gasteiger partial charge < -0.3 is 0 Å². The third-order valence-electron chi connectivity index (χ3n) is 3.89. The molecule has 3 rings (SSSR count). The van der Waals surface area contributed by atoms with Gasteiger partial charge in [-0.3, -0.25) is 4.21 Å². The van der Waals surface area contributed by atoms with E-state index in [2.05, 4.69) is 15.5 Å². The molecule has 1 aromatic rings. The van der Waals surface area contributed by atoms with Crippen molar-refractivity contribution in [2.75, 3.05) is 5.75 Å². The van der Waals surface area contributed by atoms with Crippen molar-refractivity contribution in [2.24, 2.45) is 5.92 Å². The summed E-state index contributed by atoms with van der Waals surface area (Å²) < 4.78 is 14.0. The highest BCUT2D eigenvalue weighted by atomic mass is 32.2. The van der Waals surface area contributed by atoms with Crippen LogP contribution in [0.2, 0.25) is 0 Å². The lowest BCUT2D eigenvalue weighted by Gasteiger charge is -2.20. The summed E-state index contributed by atoms with van der Waals surface area (Å²) in [6, 6.07) is 0.474. The molecule has 0 amide bonds. The quantitative estimate of drug-likeness (QED) is 0.817. The molecule has 100 valence electrons. The van der Waals surface area contributed by atoms with E-state index in [-0.39, 0.29) is 0 Å². The zero-order chi connectivity index (χ0) is 12.4. The molecular formula is C12H20N4OS. The van der Waals surface area contributed by atoms with Crippen LogP contribution >= 0.6 is 0 Å². The number of hydrogen-bond donors (Lipinski definition) is 0. The minimum Gasteiger partial charge on any atom is -0.259 e. The van der Waals surface area contributed by atoms with Crippen molar-refractivity contribution in [1.82, 2.24) is 20.2 Å². The van der Waals surface area contributed by atoms with Crippen LogP contribution in [0.4, 0.5) is 0 Å². The minimum absolute atomic E-state index is 0.474. The van der Waals surface area contributed by atoms with Crippen molar-refractivity contribution in [2.45, 2.75) is 56.7 Å². The molecule has 2 aliphatic carbocycles.